The molecule has 0 fully saturated rings. The molecule has 4 heteroatoms. The summed E-state index contributed by atoms with van der Waals surface area (Å²) in [7, 11) is 2.11. The first-order valence-corrected chi connectivity index (χ1v) is 8.60. The number of hydrogen-bond acceptors (Lipinski definition) is 4. The summed E-state index contributed by atoms with van der Waals surface area (Å²) in [5, 5.41) is 5.70. The van der Waals surface area contributed by atoms with Crippen LogP contribution in [-0.2, 0) is 6.54 Å². The van der Waals surface area contributed by atoms with Gasteiger partial charge in [-0.3, -0.25) is 0 Å². The smallest absolute Gasteiger partial charge is 0.0795 e. The Bertz CT molecular complexity index is 507. The van der Waals surface area contributed by atoms with Crippen molar-refractivity contribution in [3.63, 3.8) is 0 Å². The molecule has 1 N–H and O–H groups in total. The van der Waals surface area contributed by atoms with Gasteiger partial charge in [0.15, 0.2) is 0 Å². The molecule has 0 aliphatic carbocycles. The summed E-state index contributed by atoms with van der Waals surface area (Å²) in [4.78, 5) is 6.58. The zero-order valence-electron chi connectivity index (χ0n) is 13.2. The van der Waals surface area contributed by atoms with Crippen molar-refractivity contribution in [3.05, 3.63) is 46.4 Å². The summed E-state index contributed by atoms with van der Waals surface area (Å²) < 4.78 is 0. The van der Waals surface area contributed by atoms with Gasteiger partial charge in [-0.05, 0) is 37.1 Å². The molecule has 2 aromatic rings. The Morgan fingerprint density at radius 2 is 2.00 bits per heavy atom. The quantitative estimate of drug-likeness (QED) is 0.791. The number of aromatic nitrogens is 1. The van der Waals surface area contributed by atoms with E-state index in [1.807, 2.05) is 5.51 Å². The molecule has 114 valence electrons. The van der Waals surface area contributed by atoms with Gasteiger partial charge in [0.1, 0.15) is 0 Å². The molecule has 1 atom stereocenters. The lowest BCUT2D eigenvalue weighted by atomic mass is 10.0. The fourth-order valence-electron chi connectivity index (χ4n) is 2.43. The monoisotopic (exact) mass is 303 g/mol. The highest BCUT2D eigenvalue weighted by atomic mass is 32.1. The average Bonchev–Trinajstić information content (AvgIpc) is 3.01. The molecular formula is C17H25N3S. The molecular weight excluding hydrogens is 278 g/mol. The molecule has 0 radical (unpaired) electrons. The number of nitrogens with zero attached hydrogens (tertiary/aromatic N) is 2. The van der Waals surface area contributed by atoms with Crippen LogP contribution in [0, 0.1) is 0 Å². The predicted octanol–water partition coefficient (Wildman–Crippen LogP) is 4.23. The van der Waals surface area contributed by atoms with Crippen molar-refractivity contribution in [1.82, 2.24) is 10.3 Å². The molecule has 0 saturated heterocycles. The van der Waals surface area contributed by atoms with Gasteiger partial charge in [-0.1, -0.05) is 26.0 Å². The van der Waals surface area contributed by atoms with E-state index in [9.17, 15) is 0 Å². The molecule has 2 rings (SSSR count). The standard InChI is InChI=1S/C17H25N3S/c1-4-10-18-17(5-2)14-6-8-16(9-7-14)20(3)11-15-12-21-13-19-15/h6-9,12-13,17-18H,4-5,10-11H2,1-3H3. The minimum absolute atomic E-state index is 0.461. The van der Waals surface area contributed by atoms with E-state index in [0.29, 0.717) is 6.04 Å². The van der Waals surface area contributed by atoms with Crippen molar-refractivity contribution in [2.24, 2.45) is 0 Å². The van der Waals surface area contributed by atoms with Crippen LogP contribution in [0.25, 0.3) is 0 Å². The van der Waals surface area contributed by atoms with Gasteiger partial charge in [0, 0.05) is 24.2 Å². The Balaban J connectivity index is 2.00. The van der Waals surface area contributed by atoms with Gasteiger partial charge in [-0.2, -0.15) is 0 Å². The summed E-state index contributed by atoms with van der Waals surface area (Å²) in [5.74, 6) is 0. The summed E-state index contributed by atoms with van der Waals surface area (Å²) in [6.07, 6.45) is 2.29. The van der Waals surface area contributed by atoms with E-state index >= 15 is 0 Å². The Labute approximate surface area is 132 Å². The second-order valence-electron chi connectivity index (χ2n) is 5.34. The van der Waals surface area contributed by atoms with E-state index in [4.69, 9.17) is 0 Å². The third-order valence-corrected chi connectivity index (χ3v) is 4.30. The topological polar surface area (TPSA) is 28.2 Å². The maximum atomic E-state index is 4.34. The van der Waals surface area contributed by atoms with Crippen molar-refractivity contribution in [3.8, 4) is 0 Å². The van der Waals surface area contributed by atoms with Gasteiger partial charge in [0.25, 0.3) is 0 Å². The molecule has 0 aliphatic heterocycles. The van der Waals surface area contributed by atoms with Crippen LogP contribution in [-0.4, -0.2) is 18.6 Å². The highest BCUT2D eigenvalue weighted by Crippen LogP contribution is 2.21. The molecule has 0 spiro atoms. The highest BCUT2D eigenvalue weighted by molar-refractivity contribution is 7.07. The summed E-state index contributed by atoms with van der Waals surface area (Å²) in [5.41, 5.74) is 5.62. The Hall–Kier alpha value is -1.39. The molecule has 1 aromatic carbocycles. The number of anilines is 1. The molecule has 1 unspecified atom stereocenters. The van der Waals surface area contributed by atoms with Crippen molar-refractivity contribution in [2.45, 2.75) is 39.3 Å². The summed E-state index contributed by atoms with van der Waals surface area (Å²) in [6.45, 7) is 6.37. The van der Waals surface area contributed by atoms with Crippen LogP contribution in [0.2, 0.25) is 0 Å². The van der Waals surface area contributed by atoms with Crippen LogP contribution < -0.4 is 10.2 Å². The lowest BCUT2D eigenvalue weighted by Crippen LogP contribution is -2.21. The third-order valence-electron chi connectivity index (χ3n) is 3.67. The number of thiazole rings is 1. The Morgan fingerprint density at radius 3 is 2.57 bits per heavy atom. The van der Waals surface area contributed by atoms with Crippen LogP contribution in [0.1, 0.15) is 44.0 Å². The van der Waals surface area contributed by atoms with Gasteiger partial charge in [0.2, 0.25) is 0 Å². The van der Waals surface area contributed by atoms with E-state index < -0.39 is 0 Å². The lowest BCUT2D eigenvalue weighted by Gasteiger charge is -2.21. The van der Waals surface area contributed by atoms with Crippen molar-refractivity contribution >= 4 is 17.0 Å². The van der Waals surface area contributed by atoms with Crippen molar-refractivity contribution < 1.29 is 0 Å². The normalized spacial score (nSPS) is 12.3. The summed E-state index contributed by atoms with van der Waals surface area (Å²) in [6, 6.07) is 9.35. The molecule has 0 aliphatic rings. The van der Waals surface area contributed by atoms with Crippen LogP contribution in [0.4, 0.5) is 5.69 Å². The molecule has 3 nitrogen and oxygen atoms in total. The number of benzene rings is 1. The molecule has 1 aromatic heterocycles. The first-order valence-electron chi connectivity index (χ1n) is 7.66. The minimum atomic E-state index is 0.461. The number of rotatable bonds is 8. The van der Waals surface area contributed by atoms with E-state index in [1.54, 1.807) is 11.3 Å². The lowest BCUT2D eigenvalue weighted by molar-refractivity contribution is 0.518. The first-order chi connectivity index (χ1) is 10.2. The average molecular weight is 303 g/mol. The van der Waals surface area contributed by atoms with E-state index in [1.165, 1.54) is 17.7 Å². The Morgan fingerprint density at radius 1 is 1.24 bits per heavy atom. The van der Waals surface area contributed by atoms with Crippen LogP contribution in [0.5, 0.6) is 0 Å². The van der Waals surface area contributed by atoms with Crippen LogP contribution >= 0.6 is 11.3 Å². The number of hydrogen-bond donors (Lipinski definition) is 1. The Kier molecular flexibility index (Phi) is 6.21. The summed E-state index contributed by atoms with van der Waals surface area (Å²) >= 11 is 1.65. The van der Waals surface area contributed by atoms with E-state index in [2.05, 4.69) is 65.7 Å². The molecule has 1 heterocycles. The van der Waals surface area contributed by atoms with Gasteiger partial charge in [-0.25, -0.2) is 4.98 Å². The zero-order chi connectivity index (χ0) is 15.1. The molecule has 21 heavy (non-hydrogen) atoms. The molecule has 0 bridgehead atoms. The maximum absolute atomic E-state index is 4.34. The maximum Gasteiger partial charge on any atom is 0.0795 e. The number of nitrogens with one attached hydrogen (secondary N) is 1. The first kappa shape index (κ1) is 16.0. The highest BCUT2D eigenvalue weighted by Gasteiger charge is 2.09. The SMILES string of the molecule is CCCNC(CC)c1ccc(N(C)Cc2cscn2)cc1. The van der Waals surface area contributed by atoms with Gasteiger partial charge >= 0.3 is 0 Å². The van der Waals surface area contributed by atoms with Crippen molar-refractivity contribution in [2.75, 3.05) is 18.5 Å². The second kappa shape index (κ2) is 8.15. The second-order valence-corrected chi connectivity index (χ2v) is 6.06. The minimum Gasteiger partial charge on any atom is -0.369 e. The van der Waals surface area contributed by atoms with Gasteiger partial charge in [0.05, 0.1) is 17.7 Å². The van der Waals surface area contributed by atoms with Crippen LogP contribution in [0.3, 0.4) is 0 Å². The fourth-order valence-corrected chi connectivity index (χ4v) is 2.98. The van der Waals surface area contributed by atoms with Gasteiger partial charge in [-0.15, -0.1) is 11.3 Å². The fraction of sp³-hybridized carbons (Fsp3) is 0.471. The van der Waals surface area contributed by atoms with Gasteiger partial charge < -0.3 is 10.2 Å². The third kappa shape index (κ3) is 4.55. The van der Waals surface area contributed by atoms with E-state index in [0.717, 1.165) is 25.2 Å². The van der Waals surface area contributed by atoms with Crippen molar-refractivity contribution in [1.29, 1.82) is 0 Å². The van der Waals surface area contributed by atoms with Crippen LogP contribution in [0.15, 0.2) is 35.2 Å². The predicted molar refractivity (Wildman–Crippen MR) is 92.0 cm³/mol. The molecule has 0 saturated carbocycles. The van der Waals surface area contributed by atoms with E-state index in [-0.39, 0.29) is 0 Å². The zero-order valence-corrected chi connectivity index (χ0v) is 14.0. The largest absolute Gasteiger partial charge is 0.369 e. The molecule has 0 amide bonds.